The van der Waals surface area contributed by atoms with Gasteiger partial charge in [-0.25, -0.2) is 0 Å². The highest BCUT2D eigenvalue weighted by Gasteiger charge is 2.01. The Balaban J connectivity index is 1.72. The smallest absolute Gasteiger partial charge is 0.120 e. The number of likely N-dealkylation sites (N-methyl/N-ethyl adjacent to an activating group) is 1. The lowest BCUT2D eigenvalue weighted by Gasteiger charge is -2.16. The summed E-state index contributed by atoms with van der Waals surface area (Å²) in [5.74, 6) is 0.911. The molecule has 0 spiro atoms. The Morgan fingerprint density at radius 1 is 1.28 bits per heavy atom. The molecule has 4 heteroatoms. The lowest BCUT2D eigenvalue weighted by Crippen LogP contribution is -2.23. The van der Waals surface area contributed by atoms with Crippen LogP contribution in [0.25, 0.3) is 0 Å². The number of ether oxygens (including phenoxy) is 1. The summed E-state index contributed by atoms with van der Waals surface area (Å²) in [5, 5.41) is 2.11. The molecule has 0 fully saturated rings. The predicted molar refractivity (Wildman–Crippen MR) is 80.3 cm³/mol. The summed E-state index contributed by atoms with van der Waals surface area (Å²) in [6, 6.07) is 12.2. The molecule has 0 atom stereocenters. The Morgan fingerprint density at radius 3 is 2.89 bits per heavy atom. The van der Waals surface area contributed by atoms with Gasteiger partial charge < -0.3 is 4.74 Å². The van der Waals surface area contributed by atoms with Gasteiger partial charge in [-0.3, -0.25) is 4.90 Å². The fourth-order valence-corrected chi connectivity index (χ4v) is 2.79. The third kappa shape index (κ3) is 4.44. The molecule has 0 radical (unpaired) electrons. The zero-order valence-corrected chi connectivity index (χ0v) is 12.7. The number of benzene rings is 1. The second-order valence-corrected chi connectivity index (χ2v) is 6.07. The molecule has 0 unspecified atom stereocenters. The van der Waals surface area contributed by atoms with Crippen molar-refractivity contribution in [1.29, 1.82) is 0 Å². The first-order valence-electron chi connectivity index (χ1n) is 5.83. The van der Waals surface area contributed by atoms with Crippen molar-refractivity contribution in [3.63, 3.8) is 0 Å². The molecule has 0 saturated heterocycles. The summed E-state index contributed by atoms with van der Waals surface area (Å²) in [5.41, 5.74) is 0. The van der Waals surface area contributed by atoms with E-state index in [1.54, 1.807) is 11.3 Å². The van der Waals surface area contributed by atoms with Crippen LogP contribution in [0.15, 0.2) is 46.3 Å². The standard InChI is InChI=1S/C14H16BrNOS/c1-16(11-14-6-3-9-18-14)7-8-17-13-5-2-4-12(15)10-13/h2-6,9-10H,7-8,11H2,1H3. The van der Waals surface area contributed by atoms with Crippen molar-refractivity contribution in [2.45, 2.75) is 6.54 Å². The molecule has 1 aromatic carbocycles. The lowest BCUT2D eigenvalue weighted by atomic mass is 10.3. The molecule has 0 amide bonds. The van der Waals surface area contributed by atoms with Gasteiger partial charge in [0, 0.05) is 22.4 Å². The van der Waals surface area contributed by atoms with Crippen LogP contribution in [-0.4, -0.2) is 25.1 Å². The SMILES string of the molecule is CN(CCOc1cccc(Br)c1)Cc1cccs1. The summed E-state index contributed by atoms with van der Waals surface area (Å²) < 4.78 is 6.76. The number of hydrogen-bond acceptors (Lipinski definition) is 3. The van der Waals surface area contributed by atoms with Crippen molar-refractivity contribution in [3.05, 3.63) is 51.1 Å². The number of rotatable bonds is 6. The van der Waals surface area contributed by atoms with Crippen LogP contribution in [0.1, 0.15) is 4.88 Å². The van der Waals surface area contributed by atoms with Crippen LogP contribution < -0.4 is 4.74 Å². The lowest BCUT2D eigenvalue weighted by molar-refractivity contribution is 0.234. The normalized spacial score (nSPS) is 10.8. The van der Waals surface area contributed by atoms with Crippen molar-refractivity contribution in [2.75, 3.05) is 20.2 Å². The Hall–Kier alpha value is -0.840. The quantitative estimate of drug-likeness (QED) is 0.795. The van der Waals surface area contributed by atoms with E-state index in [1.165, 1.54) is 4.88 Å². The number of nitrogens with zero attached hydrogens (tertiary/aromatic N) is 1. The first kappa shape index (κ1) is 13.6. The molecule has 0 N–H and O–H groups in total. The van der Waals surface area contributed by atoms with E-state index in [0.29, 0.717) is 6.61 Å². The maximum atomic E-state index is 5.71. The monoisotopic (exact) mass is 325 g/mol. The maximum Gasteiger partial charge on any atom is 0.120 e. The molecule has 0 aliphatic heterocycles. The van der Waals surface area contributed by atoms with Crippen LogP contribution in [0.5, 0.6) is 5.75 Å². The second kappa shape index (κ2) is 6.92. The zero-order valence-electron chi connectivity index (χ0n) is 10.3. The molecule has 1 aromatic heterocycles. The fraction of sp³-hybridized carbons (Fsp3) is 0.286. The largest absolute Gasteiger partial charge is 0.492 e. The highest BCUT2D eigenvalue weighted by Crippen LogP contribution is 2.17. The van der Waals surface area contributed by atoms with Gasteiger partial charge in [0.1, 0.15) is 12.4 Å². The Bertz CT molecular complexity index is 472. The van der Waals surface area contributed by atoms with E-state index < -0.39 is 0 Å². The van der Waals surface area contributed by atoms with Gasteiger partial charge in [-0.1, -0.05) is 28.1 Å². The molecule has 2 rings (SSSR count). The molecular weight excluding hydrogens is 310 g/mol. The van der Waals surface area contributed by atoms with Gasteiger partial charge in [0.25, 0.3) is 0 Å². The van der Waals surface area contributed by atoms with E-state index in [0.717, 1.165) is 23.3 Å². The van der Waals surface area contributed by atoms with Gasteiger partial charge in [0.15, 0.2) is 0 Å². The summed E-state index contributed by atoms with van der Waals surface area (Å²) in [7, 11) is 2.12. The molecule has 1 heterocycles. The van der Waals surface area contributed by atoms with E-state index >= 15 is 0 Å². The third-order valence-corrected chi connectivity index (χ3v) is 3.90. The summed E-state index contributed by atoms with van der Waals surface area (Å²) >= 11 is 5.23. The first-order valence-corrected chi connectivity index (χ1v) is 7.50. The van der Waals surface area contributed by atoms with E-state index in [4.69, 9.17) is 4.74 Å². The predicted octanol–water partition coefficient (Wildman–Crippen LogP) is 4.02. The van der Waals surface area contributed by atoms with Crippen LogP contribution in [-0.2, 0) is 6.54 Å². The molecule has 96 valence electrons. The molecule has 0 bridgehead atoms. The van der Waals surface area contributed by atoms with E-state index in [1.807, 2.05) is 24.3 Å². The van der Waals surface area contributed by atoms with Crippen molar-refractivity contribution < 1.29 is 4.74 Å². The topological polar surface area (TPSA) is 12.5 Å². The van der Waals surface area contributed by atoms with Crippen molar-refractivity contribution >= 4 is 27.3 Å². The minimum atomic E-state index is 0.707. The summed E-state index contributed by atoms with van der Waals surface area (Å²) in [6.45, 7) is 2.61. The number of hydrogen-bond donors (Lipinski definition) is 0. The van der Waals surface area contributed by atoms with Gasteiger partial charge in [-0.15, -0.1) is 11.3 Å². The minimum Gasteiger partial charge on any atom is -0.492 e. The van der Waals surface area contributed by atoms with E-state index in [2.05, 4.69) is 45.4 Å². The fourth-order valence-electron chi connectivity index (χ4n) is 1.62. The highest BCUT2D eigenvalue weighted by molar-refractivity contribution is 9.10. The van der Waals surface area contributed by atoms with Crippen LogP contribution >= 0.6 is 27.3 Å². The zero-order chi connectivity index (χ0) is 12.8. The van der Waals surface area contributed by atoms with Crippen LogP contribution in [0, 0.1) is 0 Å². The average Bonchev–Trinajstić information content (AvgIpc) is 2.82. The van der Waals surface area contributed by atoms with Crippen molar-refractivity contribution in [3.8, 4) is 5.75 Å². The van der Waals surface area contributed by atoms with Crippen LogP contribution in [0.3, 0.4) is 0 Å². The van der Waals surface area contributed by atoms with Crippen LogP contribution in [0.2, 0.25) is 0 Å². The Kier molecular flexibility index (Phi) is 5.23. The maximum absolute atomic E-state index is 5.71. The molecule has 0 saturated carbocycles. The molecule has 2 aromatic rings. The average molecular weight is 326 g/mol. The molecule has 18 heavy (non-hydrogen) atoms. The Labute approximate surface area is 120 Å². The highest BCUT2D eigenvalue weighted by atomic mass is 79.9. The number of halogens is 1. The van der Waals surface area contributed by atoms with Gasteiger partial charge >= 0.3 is 0 Å². The second-order valence-electron chi connectivity index (χ2n) is 4.12. The third-order valence-electron chi connectivity index (χ3n) is 2.54. The summed E-state index contributed by atoms with van der Waals surface area (Å²) in [4.78, 5) is 3.66. The molecular formula is C14H16BrNOS. The van der Waals surface area contributed by atoms with Crippen molar-refractivity contribution in [2.24, 2.45) is 0 Å². The number of thiophene rings is 1. The van der Waals surface area contributed by atoms with Gasteiger partial charge in [-0.05, 0) is 36.7 Å². The summed E-state index contributed by atoms with van der Waals surface area (Å²) in [6.07, 6.45) is 0. The van der Waals surface area contributed by atoms with E-state index in [-0.39, 0.29) is 0 Å². The molecule has 0 aliphatic carbocycles. The first-order chi connectivity index (χ1) is 8.74. The van der Waals surface area contributed by atoms with E-state index in [9.17, 15) is 0 Å². The molecule has 0 aliphatic rings. The van der Waals surface area contributed by atoms with Crippen molar-refractivity contribution in [1.82, 2.24) is 4.90 Å². The Morgan fingerprint density at radius 2 is 2.17 bits per heavy atom. The van der Waals surface area contributed by atoms with Gasteiger partial charge in [0.2, 0.25) is 0 Å². The molecule has 2 nitrogen and oxygen atoms in total. The minimum absolute atomic E-state index is 0.707. The van der Waals surface area contributed by atoms with Crippen LogP contribution in [0.4, 0.5) is 0 Å². The van der Waals surface area contributed by atoms with Gasteiger partial charge in [0.05, 0.1) is 0 Å². The van der Waals surface area contributed by atoms with Gasteiger partial charge in [-0.2, -0.15) is 0 Å².